The molecule has 1 aromatic heterocycles. The van der Waals surface area contributed by atoms with Crippen LogP contribution in [-0.2, 0) is 6.18 Å². The number of aromatic nitrogens is 2. The first-order valence-electron chi connectivity index (χ1n) is 6.26. The van der Waals surface area contributed by atoms with Gasteiger partial charge < -0.3 is 0 Å². The molecule has 110 valence electrons. The van der Waals surface area contributed by atoms with Crippen molar-refractivity contribution in [2.24, 2.45) is 0 Å². The van der Waals surface area contributed by atoms with Crippen LogP contribution in [0, 0.1) is 5.82 Å². The lowest BCUT2D eigenvalue weighted by molar-refractivity contribution is -0.137. The lowest BCUT2D eigenvalue weighted by Crippen LogP contribution is -2.09. The molecule has 2 aromatic rings. The third kappa shape index (κ3) is 3.00. The Morgan fingerprint density at radius 3 is 2.43 bits per heavy atom. The van der Waals surface area contributed by atoms with Crippen LogP contribution in [0.2, 0.25) is 5.15 Å². The zero-order valence-electron chi connectivity index (χ0n) is 10.6. The van der Waals surface area contributed by atoms with Crippen LogP contribution in [0.5, 0.6) is 0 Å². The van der Waals surface area contributed by atoms with Crippen LogP contribution < -0.4 is 0 Å². The summed E-state index contributed by atoms with van der Waals surface area (Å²) in [6.07, 6.45) is -2.83. The Balaban J connectivity index is 2.16. The van der Waals surface area contributed by atoms with Crippen molar-refractivity contribution in [1.29, 1.82) is 0 Å². The molecule has 2 nitrogen and oxygen atoms in total. The first-order valence-corrected chi connectivity index (χ1v) is 6.64. The Morgan fingerprint density at radius 2 is 1.81 bits per heavy atom. The predicted octanol–water partition coefficient (Wildman–Crippen LogP) is 4.83. The molecule has 1 aliphatic rings. The molecule has 0 amide bonds. The van der Waals surface area contributed by atoms with E-state index in [4.69, 9.17) is 11.6 Å². The molecule has 0 N–H and O–H groups in total. The van der Waals surface area contributed by atoms with E-state index >= 15 is 0 Å². The summed E-state index contributed by atoms with van der Waals surface area (Å²) >= 11 is 5.86. The second-order valence-corrected chi connectivity index (χ2v) is 5.29. The highest BCUT2D eigenvalue weighted by molar-refractivity contribution is 6.29. The van der Waals surface area contributed by atoms with Crippen molar-refractivity contribution >= 4 is 11.6 Å². The minimum absolute atomic E-state index is 0.0827. The van der Waals surface area contributed by atoms with Gasteiger partial charge in [-0.3, -0.25) is 0 Å². The lowest BCUT2D eigenvalue weighted by Gasteiger charge is -2.13. The van der Waals surface area contributed by atoms with Crippen molar-refractivity contribution in [2.45, 2.75) is 24.9 Å². The smallest absolute Gasteiger partial charge is 0.233 e. The van der Waals surface area contributed by atoms with Crippen molar-refractivity contribution < 1.29 is 17.6 Å². The third-order valence-corrected chi connectivity index (χ3v) is 3.43. The average Bonchev–Trinajstić information content (AvgIpc) is 3.21. The van der Waals surface area contributed by atoms with E-state index in [0.717, 1.165) is 25.0 Å². The van der Waals surface area contributed by atoms with Crippen molar-refractivity contribution in [1.82, 2.24) is 9.97 Å². The molecule has 0 unspecified atom stereocenters. The van der Waals surface area contributed by atoms with Gasteiger partial charge in [-0.15, -0.1) is 0 Å². The van der Waals surface area contributed by atoms with Gasteiger partial charge in [-0.1, -0.05) is 11.6 Å². The summed E-state index contributed by atoms with van der Waals surface area (Å²) in [6.45, 7) is 0. The summed E-state index contributed by atoms with van der Waals surface area (Å²) in [5.74, 6) is -0.869. The number of nitrogens with zero attached hydrogens (tertiary/aromatic N) is 2. The van der Waals surface area contributed by atoms with Gasteiger partial charge in [0, 0.05) is 17.2 Å². The Bertz CT molecular complexity index is 696. The molecule has 1 saturated carbocycles. The van der Waals surface area contributed by atoms with Gasteiger partial charge in [0.05, 0.1) is 5.56 Å². The molecule has 0 aliphatic heterocycles. The average molecular weight is 317 g/mol. The van der Waals surface area contributed by atoms with Crippen molar-refractivity contribution in [3.63, 3.8) is 0 Å². The summed E-state index contributed by atoms with van der Waals surface area (Å²) in [4.78, 5) is 8.00. The first-order chi connectivity index (χ1) is 9.84. The van der Waals surface area contributed by atoms with Crippen LogP contribution in [0.4, 0.5) is 17.6 Å². The standard InChI is InChI=1S/C14H9ClF4N2/c15-12-6-11(7-1-2-7)20-13(21-12)9-4-3-8(16)5-10(9)14(17,18)19/h3-7H,1-2H2. The van der Waals surface area contributed by atoms with Gasteiger partial charge in [-0.05, 0) is 37.1 Å². The maximum absolute atomic E-state index is 13.1. The Kier molecular flexibility index (Phi) is 3.36. The largest absolute Gasteiger partial charge is 0.417 e. The van der Waals surface area contributed by atoms with E-state index in [9.17, 15) is 17.6 Å². The Morgan fingerprint density at radius 1 is 1.10 bits per heavy atom. The fraction of sp³-hybridized carbons (Fsp3) is 0.286. The van der Waals surface area contributed by atoms with Gasteiger partial charge in [0.15, 0.2) is 5.82 Å². The molecule has 3 rings (SSSR count). The number of hydrogen-bond donors (Lipinski definition) is 0. The molecule has 21 heavy (non-hydrogen) atoms. The van der Waals surface area contributed by atoms with Gasteiger partial charge >= 0.3 is 6.18 Å². The maximum Gasteiger partial charge on any atom is 0.417 e. The van der Waals surface area contributed by atoms with Gasteiger partial charge in [-0.2, -0.15) is 13.2 Å². The number of benzene rings is 1. The first kappa shape index (κ1) is 14.3. The van der Waals surface area contributed by atoms with E-state index in [1.165, 1.54) is 0 Å². The van der Waals surface area contributed by atoms with Crippen LogP contribution in [0.15, 0.2) is 24.3 Å². The lowest BCUT2D eigenvalue weighted by atomic mass is 10.1. The van der Waals surface area contributed by atoms with E-state index in [2.05, 4.69) is 9.97 Å². The van der Waals surface area contributed by atoms with Gasteiger partial charge in [-0.25, -0.2) is 14.4 Å². The topological polar surface area (TPSA) is 25.8 Å². The SMILES string of the molecule is Fc1ccc(-c2nc(Cl)cc(C3CC3)n2)c(C(F)(F)F)c1. The number of hydrogen-bond acceptors (Lipinski definition) is 2. The van der Waals surface area contributed by atoms with Crippen molar-refractivity contribution in [3.05, 3.63) is 46.5 Å². The summed E-state index contributed by atoms with van der Waals surface area (Å²) in [7, 11) is 0. The molecular formula is C14H9ClF4N2. The van der Waals surface area contributed by atoms with E-state index in [1.54, 1.807) is 6.07 Å². The van der Waals surface area contributed by atoms with Gasteiger partial charge in [0.25, 0.3) is 0 Å². The van der Waals surface area contributed by atoms with E-state index in [1.807, 2.05) is 0 Å². The predicted molar refractivity (Wildman–Crippen MR) is 69.4 cm³/mol. The van der Waals surface area contributed by atoms with Gasteiger partial charge in [0.1, 0.15) is 11.0 Å². The summed E-state index contributed by atoms with van der Waals surface area (Å²) in [5, 5.41) is 0.0827. The highest BCUT2D eigenvalue weighted by atomic mass is 35.5. The summed E-state index contributed by atoms with van der Waals surface area (Å²) in [6, 6.07) is 3.97. The number of rotatable bonds is 2. The fourth-order valence-corrected chi connectivity index (χ4v) is 2.28. The number of alkyl halides is 3. The summed E-state index contributed by atoms with van der Waals surface area (Å²) in [5.41, 5.74) is -0.748. The number of halogens is 5. The van der Waals surface area contributed by atoms with Crippen molar-refractivity contribution in [2.75, 3.05) is 0 Å². The molecule has 0 radical (unpaired) electrons. The molecule has 1 fully saturated rings. The molecule has 0 atom stereocenters. The second-order valence-electron chi connectivity index (χ2n) is 4.90. The Hall–Kier alpha value is -1.69. The molecule has 0 saturated heterocycles. The zero-order chi connectivity index (χ0) is 15.2. The van der Waals surface area contributed by atoms with Crippen LogP contribution >= 0.6 is 11.6 Å². The van der Waals surface area contributed by atoms with Crippen molar-refractivity contribution in [3.8, 4) is 11.4 Å². The summed E-state index contributed by atoms with van der Waals surface area (Å²) < 4.78 is 52.2. The van der Waals surface area contributed by atoms with Crippen LogP contribution in [0.25, 0.3) is 11.4 Å². The molecular weight excluding hydrogens is 308 g/mol. The second kappa shape index (κ2) is 4.94. The monoisotopic (exact) mass is 316 g/mol. The van der Waals surface area contributed by atoms with Crippen LogP contribution in [0.3, 0.4) is 0 Å². The quantitative estimate of drug-likeness (QED) is 0.585. The minimum atomic E-state index is -4.69. The third-order valence-electron chi connectivity index (χ3n) is 3.24. The van der Waals surface area contributed by atoms with E-state index in [-0.39, 0.29) is 22.5 Å². The molecule has 1 aromatic carbocycles. The molecule has 7 heteroatoms. The van der Waals surface area contributed by atoms with Crippen LogP contribution in [0.1, 0.15) is 30.0 Å². The molecule has 0 spiro atoms. The highest BCUT2D eigenvalue weighted by Crippen LogP contribution is 2.41. The zero-order valence-corrected chi connectivity index (χ0v) is 11.3. The molecule has 0 bridgehead atoms. The fourth-order valence-electron chi connectivity index (χ4n) is 2.09. The van der Waals surface area contributed by atoms with Gasteiger partial charge in [0.2, 0.25) is 0 Å². The highest BCUT2D eigenvalue weighted by Gasteiger charge is 2.35. The maximum atomic E-state index is 13.1. The Labute approximate surface area is 122 Å². The van der Waals surface area contributed by atoms with E-state index in [0.29, 0.717) is 11.8 Å². The minimum Gasteiger partial charge on any atom is -0.233 e. The van der Waals surface area contributed by atoms with E-state index < -0.39 is 17.6 Å². The molecule has 1 heterocycles. The van der Waals surface area contributed by atoms with Crippen LogP contribution in [-0.4, -0.2) is 9.97 Å². The molecule has 1 aliphatic carbocycles. The normalized spacial score (nSPS) is 15.3.